The molecule has 1 aliphatic heterocycles. The molecule has 0 spiro atoms. The summed E-state index contributed by atoms with van der Waals surface area (Å²) >= 11 is 6.22. The van der Waals surface area contributed by atoms with Crippen molar-refractivity contribution in [2.75, 3.05) is 27.2 Å². The molecule has 0 unspecified atom stereocenters. The molecule has 1 aromatic carbocycles. The minimum absolute atomic E-state index is 0. The molecule has 0 radical (unpaired) electrons. The first kappa shape index (κ1) is 23.5. The van der Waals surface area contributed by atoms with E-state index in [1.54, 1.807) is 18.2 Å². The summed E-state index contributed by atoms with van der Waals surface area (Å²) in [4.78, 5) is 13.1. The largest absolute Gasteiger partial charge is 1.00 e. The number of quaternary nitrogens is 1. The van der Waals surface area contributed by atoms with Crippen molar-refractivity contribution in [2.24, 2.45) is 5.92 Å². The van der Waals surface area contributed by atoms with Crippen LogP contribution in [0.3, 0.4) is 0 Å². The van der Waals surface area contributed by atoms with Gasteiger partial charge in [0.15, 0.2) is 5.60 Å². The molecule has 4 nitrogen and oxygen atoms in total. The fourth-order valence-corrected chi connectivity index (χ4v) is 4.46. The molecule has 0 amide bonds. The Morgan fingerprint density at radius 1 is 1.25 bits per heavy atom. The summed E-state index contributed by atoms with van der Waals surface area (Å²) < 4.78 is 34.2. The predicted molar refractivity (Wildman–Crippen MR) is 98.6 cm³/mol. The van der Waals surface area contributed by atoms with Crippen molar-refractivity contribution in [1.29, 1.82) is 0 Å². The van der Waals surface area contributed by atoms with Crippen LogP contribution in [-0.4, -0.2) is 54.8 Å². The van der Waals surface area contributed by atoms with Gasteiger partial charge in [-0.15, -0.1) is 0 Å². The topological polar surface area (TPSA) is 46.5 Å². The molecule has 2 aliphatic rings. The second-order valence-electron chi connectivity index (χ2n) is 8.53. The minimum Gasteiger partial charge on any atom is -1.00 e. The highest BCUT2D eigenvalue weighted by Crippen LogP contribution is 2.49. The quantitative estimate of drug-likeness (QED) is 0.509. The van der Waals surface area contributed by atoms with E-state index in [0.717, 1.165) is 17.6 Å². The summed E-state index contributed by atoms with van der Waals surface area (Å²) in [7, 11) is 4.22. The van der Waals surface area contributed by atoms with E-state index in [1.807, 2.05) is 0 Å². The molecule has 0 aromatic heterocycles. The Morgan fingerprint density at radius 2 is 1.86 bits per heavy atom. The van der Waals surface area contributed by atoms with Crippen LogP contribution >= 0.6 is 11.6 Å². The number of ether oxygens (including phenoxy) is 1. The summed E-state index contributed by atoms with van der Waals surface area (Å²) in [6.07, 6.45) is 0.166. The van der Waals surface area contributed by atoms with Gasteiger partial charge < -0.3 is 31.3 Å². The van der Waals surface area contributed by atoms with Crippen LogP contribution in [0, 0.1) is 5.92 Å². The van der Waals surface area contributed by atoms with Crippen LogP contribution in [0.25, 0.3) is 0 Å². The number of carbonyl (C=O) groups is 1. The molecule has 1 aromatic rings. The molecule has 1 heterocycles. The maximum Gasteiger partial charge on any atom is 0.343 e. The Hall–Kier alpha value is -0.760. The Morgan fingerprint density at radius 3 is 2.39 bits per heavy atom. The molecule has 0 bridgehead atoms. The van der Waals surface area contributed by atoms with Crippen molar-refractivity contribution < 1.29 is 44.9 Å². The van der Waals surface area contributed by atoms with E-state index in [0.29, 0.717) is 12.8 Å². The lowest BCUT2D eigenvalue weighted by molar-refractivity contribution is -0.896. The van der Waals surface area contributed by atoms with Crippen molar-refractivity contribution in [3.63, 3.8) is 0 Å². The highest BCUT2D eigenvalue weighted by atomic mass is 79.9. The third kappa shape index (κ3) is 4.86. The summed E-state index contributed by atoms with van der Waals surface area (Å²) in [5.41, 5.74) is -2.02. The van der Waals surface area contributed by atoms with E-state index in [9.17, 15) is 18.7 Å². The van der Waals surface area contributed by atoms with Crippen molar-refractivity contribution in [3.05, 3.63) is 34.9 Å². The fraction of sp³-hybridized carbons (Fsp3) is 0.650. The van der Waals surface area contributed by atoms with Crippen LogP contribution in [-0.2, 0) is 15.1 Å². The lowest BCUT2D eigenvalue weighted by Crippen LogP contribution is -3.00. The van der Waals surface area contributed by atoms with Gasteiger partial charge in [0.25, 0.3) is 0 Å². The number of alkyl halides is 2. The third-order valence-corrected chi connectivity index (χ3v) is 6.31. The van der Waals surface area contributed by atoms with Gasteiger partial charge >= 0.3 is 5.97 Å². The average Bonchev–Trinajstić information content (AvgIpc) is 2.97. The van der Waals surface area contributed by atoms with E-state index in [1.165, 1.54) is 6.07 Å². The SMILES string of the molecule is C[N+]1(C)CCC(OC(=O)[C@](O)(c2ccccc2Cl)[C@@H]2CCC(F)(F)C2)CC1.[Br-]. The first-order valence-electron chi connectivity index (χ1n) is 9.42. The summed E-state index contributed by atoms with van der Waals surface area (Å²) in [5.74, 6) is -4.70. The van der Waals surface area contributed by atoms with Crippen LogP contribution < -0.4 is 17.0 Å². The van der Waals surface area contributed by atoms with E-state index in [-0.39, 0.29) is 46.5 Å². The lowest BCUT2D eigenvalue weighted by atomic mass is 9.80. The van der Waals surface area contributed by atoms with Gasteiger partial charge in [0.05, 0.1) is 27.2 Å². The number of esters is 1. The zero-order valence-corrected chi connectivity index (χ0v) is 18.5. The van der Waals surface area contributed by atoms with Crippen LogP contribution in [0.5, 0.6) is 0 Å². The zero-order valence-electron chi connectivity index (χ0n) is 16.1. The second-order valence-corrected chi connectivity index (χ2v) is 8.94. The number of nitrogens with zero attached hydrogens (tertiary/aromatic N) is 1. The number of halogens is 4. The second kappa shape index (κ2) is 8.54. The Kier molecular flexibility index (Phi) is 7.17. The summed E-state index contributed by atoms with van der Waals surface area (Å²) in [6, 6.07) is 6.36. The van der Waals surface area contributed by atoms with Crippen LogP contribution in [0.4, 0.5) is 8.78 Å². The Bertz CT molecular complexity index is 708. The highest BCUT2D eigenvalue weighted by molar-refractivity contribution is 6.31. The van der Waals surface area contributed by atoms with Gasteiger partial charge in [-0.25, -0.2) is 13.6 Å². The van der Waals surface area contributed by atoms with Crippen molar-refractivity contribution in [1.82, 2.24) is 0 Å². The number of piperidine rings is 1. The number of benzene rings is 1. The average molecular weight is 483 g/mol. The van der Waals surface area contributed by atoms with E-state index < -0.39 is 29.8 Å². The molecule has 1 N–H and O–H groups in total. The van der Waals surface area contributed by atoms with Crippen molar-refractivity contribution in [3.8, 4) is 0 Å². The smallest absolute Gasteiger partial charge is 0.343 e. The van der Waals surface area contributed by atoms with Crippen LogP contribution in [0.15, 0.2) is 24.3 Å². The number of rotatable bonds is 4. The normalized spacial score (nSPS) is 26.1. The summed E-state index contributed by atoms with van der Waals surface area (Å²) in [6.45, 7) is 1.70. The third-order valence-electron chi connectivity index (χ3n) is 5.98. The molecule has 3 rings (SSSR count). The zero-order chi connectivity index (χ0) is 19.9. The van der Waals surface area contributed by atoms with Crippen LogP contribution in [0.1, 0.15) is 37.7 Å². The molecule has 1 saturated heterocycles. The van der Waals surface area contributed by atoms with Gasteiger partial charge in [0.2, 0.25) is 5.92 Å². The van der Waals surface area contributed by atoms with E-state index >= 15 is 0 Å². The molecule has 1 aliphatic carbocycles. The molecular formula is C20H27BrClF2NO3. The standard InChI is InChI=1S/C20H27ClF2NO3.BrH/c1-24(2)11-8-15(9-12-24)27-18(25)20(26,14-7-10-19(22,23)13-14)16-5-3-4-6-17(16)21;/h3-6,14-15,26H,7-13H2,1-2H3;1H/q+1;/p-1/t14-,20-;/m1./s1. The number of likely N-dealkylation sites (tertiary alicyclic amines) is 1. The minimum atomic E-state index is -2.90. The lowest BCUT2D eigenvalue weighted by Gasteiger charge is -2.39. The summed E-state index contributed by atoms with van der Waals surface area (Å²) in [5, 5.41) is 11.6. The maximum atomic E-state index is 13.9. The van der Waals surface area contributed by atoms with Gasteiger partial charge in [0, 0.05) is 42.2 Å². The van der Waals surface area contributed by atoms with Crippen LogP contribution in [0.2, 0.25) is 5.02 Å². The number of hydrogen-bond acceptors (Lipinski definition) is 3. The molecule has 158 valence electrons. The van der Waals surface area contributed by atoms with Gasteiger partial charge in [-0.3, -0.25) is 0 Å². The molecule has 2 atom stereocenters. The Balaban J connectivity index is 0.00000280. The van der Waals surface area contributed by atoms with Gasteiger partial charge in [0.1, 0.15) is 6.10 Å². The van der Waals surface area contributed by atoms with E-state index in [2.05, 4.69) is 14.1 Å². The first-order chi connectivity index (χ1) is 12.5. The predicted octanol–water partition coefficient (Wildman–Crippen LogP) is 0.749. The van der Waals surface area contributed by atoms with Crippen molar-refractivity contribution >= 4 is 17.6 Å². The number of carbonyl (C=O) groups excluding carboxylic acids is 1. The molecule has 8 heteroatoms. The molecular weight excluding hydrogens is 456 g/mol. The fourth-order valence-electron chi connectivity index (χ4n) is 4.18. The number of aliphatic hydroxyl groups is 1. The van der Waals surface area contributed by atoms with Gasteiger partial charge in [-0.05, 0) is 12.5 Å². The first-order valence-corrected chi connectivity index (χ1v) is 9.80. The Labute approximate surface area is 180 Å². The maximum absolute atomic E-state index is 13.9. The van der Waals surface area contributed by atoms with Gasteiger partial charge in [-0.2, -0.15) is 0 Å². The molecule has 28 heavy (non-hydrogen) atoms. The van der Waals surface area contributed by atoms with E-state index in [4.69, 9.17) is 16.3 Å². The monoisotopic (exact) mass is 481 g/mol. The van der Waals surface area contributed by atoms with Gasteiger partial charge in [-0.1, -0.05) is 29.8 Å². The molecule has 1 saturated carbocycles. The number of hydrogen-bond donors (Lipinski definition) is 1. The highest BCUT2D eigenvalue weighted by Gasteiger charge is 2.55. The molecule has 2 fully saturated rings. The van der Waals surface area contributed by atoms with Crippen molar-refractivity contribution in [2.45, 2.75) is 49.7 Å².